The fraction of sp³-hybridized carbons (Fsp3) is 0.609. The number of carbonyl (C=O) groups excluding carboxylic acids is 1. The van der Waals surface area contributed by atoms with Crippen molar-refractivity contribution in [1.82, 2.24) is 4.90 Å². The van der Waals surface area contributed by atoms with Gasteiger partial charge in [-0.15, -0.1) is 5.54 Å². The molecular formula is C23H32F3NO2Si. The topological polar surface area (TPSA) is 29.5 Å². The Hall–Kier alpha value is -1.94. The van der Waals surface area contributed by atoms with Crippen LogP contribution in [0.4, 0.5) is 18.0 Å². The molecule has 0 bridgehead atoms. The second kappa shape index (κ2) is 9.05. The van der Waals surface area contributed by atoms with Crippen molar-refractivity contribution in [3.05, 3.63) is 34.9 Å². The monoisotopic (exact) mass is 439 g/mol. The van der Waals surface area contributed by atoms with Gasteiger partial charge >= 0.3 is 12.3 Å². The van der Waals surface area contributed by atoms with E-state index < -0.39 is 25.4 Å². The third kappa shape index (κ3) is 8.06. The number of amides is 1. The van der Waals surface area contributed by atoms with E-state index in [0.29, 0.717) is 30.6 Å². The Morgan fingerprint density at radius 3 is 2.43 bits per heavy atom. The molecule has 0 radical (unpaired) electrons. The largest absolute Gasteiger partial charge is 0.444 e. The quantitative estimate of drug-likeness (QED) is 0.410. The van der Waals surface area contributed by atoms with Gasteiger partial charge in [0.15, 0.2) is 0 Å². The van der Waals surface area contributed by atoms with Gasteiger partial charge in [0.25, 0.3) is 0 Å². The van der Waals surface area contributed by atoms with Crippen molar-refractivity contribution in [3.8, 4) is 11.5 Å². The lowest BCUT2D eigenvalue weighted by Gasteiger charge is -2.34. The number of halogens is 3. The molecule has 30 heavy (non-hydrogen) atoms. The van der Waals surface area contributed by atoms with Crippen molar-refractivity contribution < 1.29 is 22.7 Å². The number of ether oxygens (including phenoxy) is 1. The zero-order chi connectivity index (χ0) is 22.7. The summed E-state index contributed by atoms with van der Waals surface area (Å²) < 4.78 is 45.7. The molecule has 1 saturated heterocycles. The maximum Gasteiger partial charge on any atom is 0.416 e. The fourth-order valence-corrected chi connectivity index (χ4v) is 3.88. The van der Waals surface area contributed by atoms with Gasteiger partial charge in [0.2, 0.25) is 0 Å². The lowest BCUT2D eigenvalue weighted by atomic mass is 9.90. The second-order valence-corrected chi connectivity index (χ2v) is 14.8. The van der Waals surface area contributed by atoms with Crippen molar-refractivity contribution in [1.29, 1.82) is 0 Å². The van der Waals surface area contributed by atoms with Gasteiger partial charge in [-0.3, -0.25) is 0 Å². The fourth-order valence-electron chi connectivity index (χ4n) is 3.36. The minimum atomic E-state index is -4.42. The smallest absolute Gasteiger partial charge is 0.416 e. The van der Waals surface area contributed by atoms with Crippen LogP contribution in [0.25, 0.3) is 0 Å². The molecule has 0 saturated carbocycles. The van der Waals surface area contributed by atoms with Crippen LogP contribution in [0.2, 0.25) is 19.6 Å². The Balaban J connectivity index is 2.21. The lowest BCUT2D eigenvalue weighted by Crippen LogP contribution is -2.43. The number of likely N-dealkylation sites (tertiary alicyclic amines) is 1. The SMILES string of the molecule is CC(C)(C)OC(=O)N1CCC[C@@H](Cc2cc(C#C[Si](C)(C)C)cc(C(F)(F)F)c2)C1. The molecule has 7 heteroatoms. The van der Waals surface area contributed by atoms with Gasteiger partial charge in [-0.05, 0) is 69.7 Å². The molecule has 2 rings (SSSR count). The van der Waals surface area contributed by atoms with Crippen molar-refractivity contribution in [2.24, 2.45) is 5.92 Å². The van der Waals surface area contributed by atoms with Crippen molar-refractivity contribution in [2.75, 3.05) is 13.1 Å². The first kappa shape index (κ1) is 24.3. The Labute approximate surface area is 179 Å². The molecule has 0 aliphatic carbocycles. The molecule has 1 aromatic carbocycles. The van der Waals surface area contributed by atoms with Crippen molar-refractivity contribution in [3.63, 3.8) is 0 Å². The highest BCUT2D eigenvalue weighted by atomic mass is 28.3. The van der Waals surface area contributed by atoms with E-state index >= 15 is 0 Å². The molecule has 0 N–H and O–H groups in total. The highest BCUT2D eigenvalue weighted by molar-refractivity contribution is 6.83. The van der Waals surface area contributed by atoms with Gasteiger partial charge in [0, 0.05) is 18.7 Å². The molecule has 1 atom stereocenters. The van der Waals surface area contributed by atoms with Crippen LogP contribution in [0.5, 0.6) is 0 Å². The van der Waals surface area contributed by atoms with E-state index in [0.717, 1.165) is 18.9 Å². The average Bonchev–Trinajstić information content (AvgIpc) is 2.57. The number of nitrogens with zero attached hydrogens (tertiary/aromatic N) is 1. The summed E-state index contributed by atoms with van der Waals surface area (Å²) in [4.78, 5) is 14.0. The Morgan fingerprint density at radius 1 is 1.20 bits per heavy atom. The number of hydrogen-bond donors (Lipinski definition) is 0. The summed E-state index contributed by atoms with van der Waals surface area (Å²) in [7, 11) is -1.71. The molecule has 1 aliphatic rings. The van der Waals surface area contributed by atoms with Crippen LogP contribution in [-0.4, -0.2) is 37.8 Å². The zero-order valence-electron chi connectivity index (χ0n) is 18.7. The van der Waals surface area contributed by atoms with Gasteiger partial charge in [0.05, 0.1) is 5.56 Å². The first-order chi connectivity index (χ1) is 13.6. The normalized spacial score (nSPS) is 17.9. The van der Waals surface area contributed by atoms with Gasteiger partial charge in [-0.1, -0.05) is 25.6 Å². The summed E-state index contributed by atoms with van der Waals surface area (Å²) >= 11 is 0. The van der Waals surface area contributed by atoms with E-state index in [4.69, 9.17) is 4.74 Å². The Morgan fingerprint density at radius 2 is 1.87 bits per heavy atom. The van der Waals surface area contributed by atoms with Crippen molar-refractivity contribution >= 4 is 14.2 Å². The lowest BCUT2D eigenvalue weighted by molar-refractivity contribution is -0.137. The van der Waals surface area contributed by atoms with Crippen LogP contribution >= 0.6 is 0 Å². The van der Waals surface area contributed by atoms with Crippen LogP contribution in [-0.2, 0) is 17.3 Å². The van der Waals surface area contributed by atoms with E-state index in [1.807, 2.05) is 20.8 Å². The maximum atomic E-state index is 13.4. The average molecular weight is 440 g/mol. The predicted molar refractivity (Wildman–Crippen MR) is 116 cm³/mol. The van der Waals surface area contributed by atoms with Crippen LogP contribution in [0.15, 0.2) is 18.2 Å². The number of carbonyl (C=O) groups is 1. The highest BCUT2D eigenvalue weighted by Crippen LogP contribution is 2.32. The van der Waals surface area contributed by atoms with E-state index in [9.17, 15) is 18.0 Å². The molecule has 1 heterocycles. The minimum Gasteiger partial charge on any atom is -0.444 e. The molecule has 0 aromatic heterocycles. The van der Waals surface area contributed by atoms with Crippen LogP contribution < -0.4 is 0 Å². The van der Waals surface area contributed by atoms with Crippen molar-refractivity contribution in [2.45, 2.75) is 71.5 Å². The molecule has 1 aliphatic heterocycles. The Kier molecular flexibility index (Phi) is 7.34. The van der Waals surface area contributed by atoms with Crippen LogP contribution in [0.3, 0.4) is 0 Å². The van der Waals surface area contributed by atoms with Gasteiger partial charge in [-0.25, -0.2) is 4.79 Å². The number of benzene rings is 1. The summed E-state index contributed by atoms with van der Waals surface area (Å²) in [6.45, 7) is 12.7. The third-order valence-corrected chi connectivity index (χ3v) is 5.47. The first-order valence-electron chi connectivity index (χ1n) is 10.3. The predicted octanol–water partition coefficient (Wildman–Crippen LogP) is 6.12. The molecule has 3 nitrogen and oxygen atoms in total. The summed E-state index contributed by atoms with van der Waals surface area (Å²) in [5.41, 5.74) is 2.92. The third-order valence-electron chi connectivity index (χ3n) is 4.60. The summed E-state index contributed by atoms with van der Waals surface area (Å²) in [6, 6.07) is 4.10. The van der Waals surface area contributed by atoms with Gasteiger partial charge in [-0.2, -0.15) is 13.2 Å². The molecule has 166 valence electrons. The second-order valence-electron chi connectivity index (χ2n) is 10.1. The van der Waals surface area contributed by atoms with Crippen LogP contribution in [0.1, 0.15) is 50.3 Å². The summed E-state index contributed by atoms with van der Waals surface area (Å²) in [5, 5.41) is 0. The number of rotatable bonds is 2. The Bertz CT molecular complexity index is 826. The number of alkyl halides is 3. The first-order valence-corrected chi connectivity index (χ1v) is 13.8. The van der Waals surface area contributed by atoms with E-state index in [-0.39, 0.29) is 12.0 Å². The molecule has 0 unspecified atom stereocenters. The van der Waals surface area contributed by atoms with E-state index in [1.165, 1.54) is 6.07 Å². The standard InChI is InChI=1S/C23H32F3NO2Si/c1-22(2,3)29-21(28)27-10-7-8-18(16-27)13-19-12-17(9-11-30(4,5)6)14-20(15-19)23(24,25)26/h12,14-15,18H,7-8,10,13,16H2,1-6H3/t18-/m0/s1. The summed E-state index contributed by atoms with van der Waals surface area (Å²) in [5.74, 6) is 3.05. The van der Waals surface area contributed by atoms with E-state index in [1.54, 1.807) is 11.0 Å². The zero-order valence-corrected chi connectivity index (χ0v) is 19.7. The van der Waals surface area contributed by atoms with Gasteiger partial charge < -0.3 is 9.64 Å². The van der Waals surface area contributed by atoms with Crippen LogP contribution in [0, 0.1) is 17.4 Å². The summed E-state index contributed by atoms with van der Waals surface area (Å²) in [6.07, 6.45) is -2.62. The minimum absolute atomic E-state index is 0.0903. The molecule has 1 amide bonds. The molecular weight excluding hydrogens is 407 g/mol. The maximum absolute atomic E-state index is 13.4. The molecule has 1 fully saturated rings. The van der Waals surface area contributed by atoms with Gasteiger partial charge in [0.1, 0.15) is 13.7 Å². The highest BCUT2D eigenvalue weighted by Gasteiger charge is 2.32. The number of piperidine rings is 1. The number of hydrogen-bond acceptors (Lipinski definition) is 2. The molecule has 1 aromatic rings. The molecule has 0 spiro atoms. The van der Waals surface area contributed by atoms with E-state index in [2.05, 4.69) is 31.1 Å².